The summed E-state index contributed by atoms with van der Waals surface area (Å²) in [5.41, 5.74) is 3.21. The molecule has 3 aromatic rings. The first kappa shape index (κ1) is 21.1. The van der Waals surface area contributed by atoms with Gasteiger partial charge in [0.2, 0.25) is 11.8 Å². The van der Waals surface area contributed by atoms with Gasteiger partial charge in [0, 0.05) is 63.3 Å². The number of aryl methyl sites for hydroxylation is 2. The Kier molecular flexibility index (Phi) is 5.53. The Labute approximate surface area is 192 Å². The topological polar surface area (TPSA) is 87.5 Å². The van der Waals surface area contributed by atoms with Gasteiger partial charge in [0.15, 0.2) is 5.82 Å². The molecule has 0 radical (unpaired) electrons. The highest BCUT2D eigenvalue weighted by molar-refractivity contribution is 6.00. The van der Waals surface area contributed by atoms with Crippen molar-refractivity contribution >= 4 is 23.3 Å². The first-order valence-corrected chi connectivity index (χ1v) is 11.2. The summed E-state index contributed by atoms with van der Waals surface area (Å²) in [4.78, 5) is 40.3. The molecule has 9 heteroatoms. The summed E-state index contributed by atoms with van der Waals surface area (Å²) in [6, 6.07) is 9.77. The molecule has 1 unspecified atom stereocenters. The van der Waals surface area contributed by atoms with Crippen LogP contribution in [0.2, 0.25) is 0 Å². The second-order valence-electron chi connectivity index (χ2n) is 8.67. The summed E-state index contributed by atoms with van der Waals surface area (Å²) >= 11 is 0. The Morgan fingerprint density at radius 1 is 1.00 bits per heavy atom. The van der Waals surface area contributed by atoms with Gasteiger partial charge in [0.1, 0.15) is 12.1 Å². The van der Waals surface area contributed by atoms with Crippen LogP contribution in [0.25, 0.3) is 5.82 Å². The highest BCUT2D eigenvalue weighted by Crippen LogP contribution is 2.28. The van der Waals surface area contributed by atoms with E-state index in [-0.39, 0.29) is 24.2 Å². The quantitative estimate of drug-likeness (QED) is 0.610. The maximum Gasteiger partial charge on any atom is 0.228 e. The second kappa shape index (κ2) is 8.65. The molecule has 2 aromatic heterocycles. The number of rotatable bonds is 4. The van der Waals surface area contributed by atoms with Crippen LogP contribution in [0, 0.1) is 19.8 Å². The predicted octanol–water partition coefficient (Wildman–Crippen LogP) is 1.98. The Bertz CT molecular complexity index is 1170. The molecule has 5 rings (SSSR count). The Balaban J connectivity index is 1.21. The summed E-state index contributed by atoms with van der Waals surface area (Å²) in [5, 5.41) is 4.22. The molecular weight excluding hydrogens is 418 g/mol. The van der Waals surface area contributed by atoms with E-state index in [1.54, 1.807) is 15.8 Å². The monoisotopic (exact) mass is 445 g/mol. The molecule has 0 bridgehead atoms. The Morgan fingerprint density at radius 3 is 2.52 bits per heavy atom. The van der Waals surface area contributed by atoms with Gasteiger partial charge in [-0.05, 0) is 43.2 Å². The van der Waals surface area contributed by atoms with Gasteiger partial charge in [-0.25, -0.2) is 14.6 Å². The van der Waals surface area contributed by atoms with Crippen LogP contribution in [-0.4, -0.2) is 69.2 Å². The summed E-state index contributed by atoms with van der Waals surface area (Å²) in [6.07, 6.45) is 5.36. The zero-order chi connectivity index (χ0) is 22.9. The molecule has 170 valence electrons. The van der Waals surface area contributed by atoms with Crippen molar-refractivity contribution in [3.8, 4) is 5.82 Å². The number of anilines is 2. The molecule has 4 heterocycles. The van der Waals surface area contributed by atoms with E-state index >= 15 is 0 Å². The summed E-state index contributed by atoms with van der Waals surface area (Å²) in [6.45, 7) is 7.11. The summed E-state index contributed by atoms with van der Waals surface area (Å²) < 4.78 is 1.70. The van der Waals surface area contributed by atoms with Crippen molar-refractivity contribution in [3.05, 3.63) is 60.2 Å². The van der Waals surface area contributed by atoms with Gasteiger partial charge in [-0.15, -0.1) is 0 Å². The van der Waals surface area contributed by atoms with Crippen molar-refractivity contribution in [1.82, 2.24) is 24.6 Å². The van der Waals surface area contributed by atoms with Gasteiger partial charge in [-0.3, -0.25) is 9.59 Å². The molecule has 9 nitrogen and oxygen atoms in total. The molecule has 0 aliphatic carbocycles. The third-order valence-electron chi connectivity index (χ3n) is 6.57. The van der Waals surface area contributed by atoms with Gasteiger partial charge in [0.05, 0.1) is 5.92 Å². The third-order valence-corrected chi connectivity index (χ3v) is 6.57. The number of carbonyl (C=O) groups is 2. The number of hydrogen-bond acceptors (Lipinski definition) is 6. The van der Waals surface area contributed by atoms with Crippen LogP contribution in [0.1, 0.15) is 17.5 Å². The number of hydrogen-bond donors (Lipinski definition) is 0. The molecule has 2 fully saturated rings. The molecule has 33 heavy (non-hydrogen) atoms. The van der Waals surface area contributed by atoms with Crippen LogP contribution in [0.15, 0.2) is 49.1 Å². The van der Waals surface area contributed by atoms with Crippen LogP contribution >= 0.6 is 0 Å². The Hall–Kier alpha value is -3.75. The second-order valence-corrected chi connectivity index (χ2v) is 8.67. The van der Waals surface area contributed by atoms with Crippen LogP contribution in [0.3, 0.4) is 0 Å². The number of aromatic nitrogens is 4. The number of benzene rings is 1. The van der Waals surface area contributed by atoms with Crippen LogP contribution in [0.5, 0.6) is 0 Å². The van der Waals surface area contributed by atoms with E-state index in [0.29, 0.717) is 38.5 Å². The Morgan fingerprint density at radius 2 is 1.79 bits per heavy atom. The van der Waals surface area contributed by atoms with E-state index in [2.05, 4.69) is 26.9 Å². The van der Waals surface area contributed by atoms with Crippen LogP contribution in [0.4, 0.5) is 11.5 Å². The number of nitrogens with zero attached hydrogens (tertiary/aromatic N) is 7. The smallest absolute Gasteiger partial charge is 0.228 e. The first-order valence-electron chi connectivity index (χ1n) is 11.2. The lowest BCUT2D eigenvalue weighted by Gasteiger charge is -2.36. The molecule has 0 N–H and O–H groups in total. The molecule has 2 aliphatic rings. The van der Waals surface area contributed by atoms with Gasteiger partial charge in [-0.2, -0.15) is 5.10 Å². The highest BCUT2D eigenvalue weighted by atomic mass is 16.2. The molecule has 0 saturated carbocycles. The summed E-state index contributed by atoms with van der Waals surface area (Å²) in [5.74, 6) is 1.31. The average molecular weight is 446 g/mol. The van der Waals surface area contributed by atoms with Gasteiger partial charge < -0.3 is 14.7 Å². The number of piperazine rings is 1. The van der Waals surface area contributed by atoms with E-state index in [1.165, 1.54) is 11.9 Å². The standard InChI is InChI=1S/C24H27N7O2/c1-17-4-5-20(12-18(17)2)30-15-19(13-23(30)32)24(33)29-10-8-28(9-11-29)21-14-22(26-16-25-21)31-7-3-6-27-31/h3-7,12,14,16,19H,8-11,13,15H2,1-2H3. The fraction of sp³-hybridized carbons (Fsp3) is 0.375. The minimum absolute atomic E-state index is 0.0161. The van der Waals surface area contributed by atoms with E-state index in [0.717, 1.165) is 17.1 Å². The zero-order valence-electron chi connectivity index (χ0n) is 18.9. The SMILES string of the molecule is Cc1ccc(N2CC(C(=O)N3CCN(c4cc(-n5cccn5)ncn4)CC3)CC2=O)cc1C. The molecule has 1 atom stereocenters. The van der Waals surface area contributed by atoms with Gasteiger partial charge in [0.25, 0.3) is 0 Å². The molecule has 0 spiro atoms. The van der Waals surface area contributed by atoms with Crippen molar-refractivity contribution < 1.29 is 9.59 Å². The van der Waals surface area contributed by atoms with Crippen LogP contribution < -0.4 is 9.80 Å². The largest absolute Gasteiger partial charge is 0.353 e. The molecule has 2 saturated heterocycles. The number of carbonyl (C=O) groups excluding carboxylic acids is 2. The maximum atomic E-state index is 13.2. The lowest BCUT2D eigenvalue weighted by Crippen LogP contribution is -2.51. The fourth-order valence-corrected chi connectivity index (χ4v) is 4.47. The normalized spacial score (nSPS) is 18.8. The predicted molar refractivity (Wildman–Crippen MR) is 124 cm³/mol. The van der Waals surface area contributed by atoms with E-state index in [1.807, 2.05) is 48.4 Å². The lowest BCUT2D eigenvalue weighted by atomic mass is 10.1. The highest BCUT2D eigenvalue weighted by Gasteiger charge is 2.38. The molecule has 2 aliphatic heterocycles. The molecular formula is C24H27N7O2. The zero-order valence-corrected chi connectivity index (χ0v) is 18.9. The van der Waals surface area contributed by atoms with Gasteiger partial charge >= 0.3 is 0 Å². The third kappa shape index (κ3) is 4.18. The van der Waals surface area contributed by atoms with Crippen molar-refractivity contribution in [2.24, 2.45) is 5.92 Å². The maximum absolute atomic E-state index is 13.2. The lowest BCUT2D eigenvalue weighted by molar-refractivity contribution is -0.136. The van der Waals surface area contributed by atoms with Crippen molar-refractivity contribution in [3.63, 3.8) is 0 Å². The molecule has 2 amide bonds. The summed E-state index contributed by atoms with van der Waals surface area (Å²) in [7, 11) is 0. The first-order chi connectivity index (χ1) is 16.0. The van der Waals surface area contributed by atoms with E-state index < -0.39 is 0 Å². The van der Waals surface area contributed by atoms with Crippen LogP contribution in [-0.2, 0) is 9.59 Å². The van der Waals surface area contributed by atoms with Crippen molar-refractivity contribution in [2.75, 3.05) is 42.5 Å². The molecule has 1 aromatic carbocycles. The average Bonchev–Trinajstić information content (AvgIpc) is 3.51. The van der Waals surface area contributed by atoms with Crippen molar-refractivity contribution in [2.45, 2.75) is 20.3 Å². The van der Waals surface area contributed by atoms with Crippen molar-refractivity contribution in [1.29, 1.82) is 0 Å². The minimum atomic E-state index is -0.295. The van der Waals surface area contributed by atoms with Gasteiger partial charge in [-0.1, -0.05) is 6.07 Å². The van der Waals surface area contributed by atoms with E-state index in [4.69, 9.17) is 0 Å². The fourth-order valence-electron chi connectivity index (χ4n) is 4.47. The van der Waals surface area contributed by atoms with E-state index in [9.17, 15) is 9.59 Å². The number of amides is 2. The minimum Gasteiger partial charge on any atom is -0.353 e.